The molecule has 3 heterocycles. The molecule has 0 spiro atoms. The number of amides is 1. The van der Waals surface area contributed by atoms with E-state index in [0.29, 0.717) is 65.0 Å². The molecule has 2 aliphatic rings. The maximum atomic E-state index is 13.4. The minimum atomic E-state index is -0.719. The van der Waals surface area contributed by atoms with Crippen LogP contribution in [-0.4, -0.2) is 56.1 Å². The van der Waals surface area contributed by atoms with Crippen LogP contribution in [0.1, 0.15) is 64.4 Å². The third-order valence-corrected chi connectivity index (χ3v) is 10.5. The highest BCUT2D eigenvalue weighted by Crippen LogP contribution is 2.39. The number of carboxylic acid groups (broad SMARTS) is 1. The van der Waals surface area contributed by atoms with Crippen molar-refractivity contribution in [2.75, 3.05) is 18.9 Å². The molecule has 1 aliphatic heterocycles. The number of fused-ring (bicyclic) bond motifs is 2. The van der Waals surface area contributed by atoms with Crippen molar-refractivity contribution in [1.82, 2.24) is 24.8 Å². The first-order valence-corrected chi connectivity index (χ1v) is 17.2. The molecule has 50 heavy (non-hydrogen) atoms. The summed E-state index contributed by atoms with van der Waals surface area (Å²) in [6.07, 6.45) is 3.77. The van der Waals surface area contributed by atoms with Crippen molar-refractivity contribution < 1.29 is 19.1 Å². The van der Waals surface area contributed by atoms with Crippen LogP contribution in [0.5, 0.6) is 0 Å². The van der Waals surface area contributed by atoms with E-state index in [1.165, 1.54) is 0 Å². The molecule has 0 saturated heterocycles. The summed E-state index contributed by atoms with van der Waals surface area (Å²) in [4.78, 5) is 36.4. The molecule has 11 nitrogen and oxygen atoms in total. The molecular formula is C38H38ClN7O4. The molecule has 3 N–H and O–H groups in total. The van der Waals surface area contributed by atoms with Crippen molar-refractivity contribution in [3.8, 4) is 28.7 Å². The van der Waals surface area contributed by atoms with Crippen molar-refractivity contribution in [1.29, 1.82) is 5.26 Å². The lowest BCUT2D eigenvalue weighted by atomic mass is 9.86. The Bertz CT molecular complexity index is 2170. The van der Waals surface area contributed by atoms with Crippen LogP contribution < -0.4 is 10.6 Å². The van der Waals surface area contributed by atoms with Crippen molar-refractivity contribution in [3.63, 3.8) is 0 Å². The van der Waals surface area contributed by atoms with Crippen LogP contribution in [0.4, 0.5) is 5.69 Å². The van der Waals surface area contributed by atoms with Gasteiger partial charge in [0.2, 0.25) is 5.89 Å². The molecule has 0 unspecified atom stereocenters. The number of halogens is 1. The number of nitrogens with zero attached hydrogens (tertiary/aromatic N) is 5. The van der Waals surface area contributed by atoms with Gasteiger partial charge in [-0.2, -0.15) is 5.26 Å². The van der Waals surface area contributed by atoms with Crippen molar-refractivity contribution in [3.05, 3.63) is 87.5 Å². The molecule has 7 rings (SSSR count). The van der Waals surface area contributed by atoms with Gasteiger partial charge in [0.25, 0.3) is 5.91 Å². The third kappa shape index (κ3) is 6.38. The molecule has 12 heteroatoms. The van der Waals surface area contributed by atoms with E-state index in [1.54, 1.807) is 6.07 Å². The van der Waals surface area contributed by atoms with Gasteiger partial charge in [0.05, 0.1) is 27.9 Å². The second kappa shape index (κ2) is 13.7. The second-order valence-electron chi connectivity index (χ2n) is 13.4. The summed E-state index contributed by atoms with van der Waals surface area (Å²) in [7, 11) is 3.92. The Balaban J connectivity index is 1.13. The monoisotopic (exact) mass is 691 g/mol. The van der Waals surface area contributed by atoms with Crippen LogP contribution in [0, 0.1) is 24.2 Å². The molecule has 1 fully saturated rings. The van der Waals surface area contributed by atoms with Crippen LogP contribution in [0.3, 0.4) is 0 Å². The van der Waals surface area contributed by atoms with Gasteiger partial charge in [-0.3, -0.25) is 9.59 Å². The SMILES string of the molecule is Cc1c(-c2nc3cc(CN[C@H]4CC[C@H](C(=O)O)CC4)cc(C#N)c3o2)cccc1-c1cccc(NC(=O)c2nc3c(n2C)CCN(C)C3)c1Cl. The quantitative estimate of drug-likeness (QED) is 0.162. The highest BCUT2D eigenvalue weighted by atomic mass is 35.5. The molecule has 1 amide bonds. The number of carbonyl (C=O) groups is 2. The molecule has 0 bridgehead atoms. The normalized spacial score (nSPS) is 17.7. The van der Waals surface area contributed by atoms with Gasteiger partial charge in [-0.1, -0.05) is 35.9 Å². The minimum Gasteiger partial charge on any atom is -0.481 e. The van der Waals surface area contributed by atoms with Gasteiger partial charge in [-0.25, -0.2) is 9.97 Å². The van der Waals surface area contributed by atoms with E-state index in [2.05, 4.69) is 26.6 Å². The number of anilines is 1. The number of rotatable bonds is 8. The lowest BCUT2D eigenvalue weighted by Gasteiger charge is -2.27. The second-order valence-corrected chi connectivity index (χ2v) is 13.7. The van der Waals surface area contributed by atoms with Gasteiger partial charge >= 0.3 is 5.97 Å². The molecule has 2 aromatic heterocycles. The fourth-order valence-corrected chi connectivity index (χ4v) is 7.51. The first kappa shape index (κ1) is 33.5. The number of likely N-dealkylation sites (N-methyl/N-ethyl adjacent to an activating group) is 1. The number of oxazole rings is 1. The Morgan fingerprint density at radius 2 is 1.80 bits per heavy atom. The van der Waals surface area contributed by atoms with Gasteiger partial charge in [0.1, 0.15) is 11.6 Å². The predicted molar refractivity (Wildman–Crippen MR) is 191 cm³/mol. The van der Waals surface area contributed by atoms with Gasteiger partial charge in [-0.15, -0.1) is 0 Å². The molecule has 5 aromatic rings. The van der Waals surface area contributed by atoms with Crippen LogP contribution >= 0.6 is 11.6 Å². The van der Waals surface area contributed by atoms with Crippen molar-refractivity contribution in [2.45, 2.75) is 58.2 Å². The number of aliphatic carboxylic acids is 1. The Labute approximate surface area is 294 Å². The van der Waals surface area contributed by atoms with E-state index >= 15 is 0 Å². The molecule has 1 aliphatic carbocycles. The van der Waals surface area contributed by atoms with E-state index in [-0.39, 0.29) is 17.9 Å². The number of nitriles is 1. The lowest BCUT2D eigenvalue weighted by molar-refractivity contribution is -0.142. The fourth-order valence-electron chi connectivity index (χ4n) is 7.23. The zero-order valence-corrected chi connectivity index (χ0v) is 29.0. The molecule has 0 radical (unpaired) electrons. The fraction of sp³-hybridized carbons (Fsp3) is 0.342. The summed E-state index contributed by atoms with van der Waals surface area (Å²) < 4.78 is 8.10. The molecular weight excluding hydrogens is 654 g/mol. The van der Waals surface area contributed by atoms with E-state index < -0.39 is 5.97 Å². The Kier molecular flexibility index (Phi) is 9.18. The van der Waals surface area contributed by atoms with Gasteiger partial charge in [0, 0.05) is 56.0 Å². The summed E-state index contributed by atoms with van der Waals surface area (Å²) in [5, 5.41) is 26.2. The van der Waals surface area contributed by atoms with Gasteiger partial charge in [0.15, 0.2) is 11.4 Å². The maximum Gasteiger partial charge on any atom is 0.306 e. The van der Waals surface area contributed by atoms with E-state index in [1.807, 2.05) is 68.1 Å². The van der Waals surface area contributed by atoms with Crippen LogP contribution in [0.25, 0.3) is 33.7 Å². The van der Waals surface area contributed by atoms with Crippen molar-refractivity contribution >= 4 is 40.3 Å². The highest BCUT2D eigenvalue weighted by Gasteiger charge is 2.27. The summed E-state index contributed by atoms with van der Waals surface area (Å²) in [5.41, 5.74) is 8.01. The minimum absolute atomic E-state index is 0.228. The first-order valence-electron chi connectivity index (χ1n) is 16.8. The van der Waals surface area contributed by atoms with Crippen LogP contribution in [-0.2, 0) is 31.4 Å². The largest absolute Gasteiger partial charge is 0.481 e. The zero-order valence-electron chi connectivity index (χ0n) is 28.2. The number of carbonyl (C=O) groups excluding carboxylic acids is 1. The average Bonchev–Trinajstić information content (AvgIpc) is 3.68. The topological polar surface area (TPSA) is 149 Å². The molecule has 256 valence electrons. The van der Waals surface area contributed by atoms with E-state index in [4.69, 9.17) is 21.0 Å². The van der Waals surface area contributed by atoms with Gasteiger partial charge < -0.3 is 29.6 Å². The van der Waals surface area contributed by atoms with Crippen molar-refractivity contribution in [2.24, 2.45) is 13.0 Å². The number of nitrogens with one attached hydrogen (secondary N) is 2. The summed E-state index contributed by atoms with van der Waals surface area (Å²) >= 11 is 6.98. The molecule has 0 atom stereocenters. The number of aromatic nitrogens is 3. The van der Waals surface area contributed by atoms with Crippen LogP contribution in [0.2, 0.25) is 5.02 Å². The lowest BCUT2D eigenvalue weighted by Crippen LogP contribution is -2.34. The zero-order chi connectivity index (χ0) is 35.1. The van der Waals surface area contributed by atoms with Crippen LogP contribution in [0.15, 0.2) is 52.9 Å². The Hall–Kier alpha value is -5.02. The van der Waals surface area contributed by atoms with Gasteiger partial charge in [-0.05, 0) is 80.6 Å². The first-order chi connectivity index (χ1) is 24.1. The Morgan fingerprint density at radius 1 is 1.06 bits per heavy atom. The third-order valence-electron chi connectivity index (χ3n) is 10.1. The summed E-state index contributed by atoms with van der Waals surface area (Å²) in [5.74, 6) is -0.578. The molecule has 1 saturated carbocycles. The summed E-state index contributed by atoms with van der Waals surface area (Å²) in [6.45, 7) is 4.13. The number of imidazole rings is 1. The number of benzene rings is 3. The smallest absolute Gasteiger partial charge is 0.306 e. The number of hydrogen-bond acceptors (Lipinski definition) is 8. The number of carboxylic acids is 1. The van der Waals surface area contributed by atoms with E-state index in [0.717, 1.165) is 65.0 Å². The van der Waals surface area contributed by atoms with E-state index in [9.17, 15) is 20.0 Å². The number of hydrogen-bond donors (Lipinski definition) is 3. The average molecular weight is 692 g/mol. The predicted octanol–water partition coefficient (Wildman–Crippen LogP) is 6.70. The molecule has 3 aromatic carbocycles. The highest BCUT2D eigenvalue weighted by molar-refractivity contribution is 6.36. The standard InChI is InChI=1S/C38H38ClN7O4/c1-21-26(28-8-5-9-29(33(28)39)43-36(47)35-42-31-20-45(2)15-14-32(31)46(35)3)6-4-7-27(21)37-44-30-17-22(16-24(18-40)34(30)50-37)19-41-25-12-10-23(11-13-25)38(48)49/h4-9,16-17,23,25,41H,10-15,19-20H2,1-3H3,(H,43,47)(H,48,49)/t23-,25-. The maximum absolute atomic E-state index is 13.4. The summed E-state index contributed by atoms with van der Waals surface area (Å²) in [6, 6.07) is 17.6. The Morgan fingerprint density at radius 3 is 2.56 bits per heavy atom.